The Kier molecular flexibility index (Phi) is 8.26. The molecule has 1 aromatic rings. The van der Waals surface area contributed by atoms with Crippen LogP contribution >= 0.6 is 0 Å². The Labute approximate surface area is 110 Å². The fourth-order valence-electron chi connectivity index (χ4n) is 1.53. The summed E-state index contributed by atoms with van der Waals surface area (Å²) in [4.78, 5) is 0. The predicted octanol–water partition coefficient (Wildman–Crippen LogP) is 2.86. The summed E-state index contributed by atoms with van der Waals surface area (Å²) in [5, 5.41) is 3.36. The van der Waals surface area contributed by atoms with Crippen molar-refractivity contribution in [1.29, 1.82) is 0 Å². The number of nitrogens with one attached hydrogen (secondary N) is 1. The van der Waals surface area contributed by atoms with Crippen LogP contribution in [0.25, 0.3) is 0 Å². The molecule has 0 heterocycles. The molecule has 0 saturated heterocycles. The lowest BCUT2D eigenvalue weighted by atomic mass is 10.3. The summed E-state index contributed by atoms with van der Waals surface area (Å²) < 4.78 is 11.1. The third kappa shape index (κ3) is 8.09. The Morgan fingerprint density at radius 1 is 1.00 bits per heavy atom. The number of para-hydroxylation sites is 1. The van der Waals surface area contributed by atoms with Crippen molar-refractivity contribution >= 4 is 0 Å². The molecule has 3 heteroatoms. The predicted molar refractivity (Wildman–Crippen MR) is 75.1 cm³/mol. The lowest BCUT2D eigenvalue weighted by molar-refractivity contribution is 0.117. The largest absolute Gasteiger partial charge is 0.494 e. The topological polar surface area (TPSA) is 30.5 Å². The van der Waals surface area contributed by atoms with E-state index in [1.165, 1.54) is 0 Å². The zero-order chi connectivity index (χ0) is 13.1. The highest BCUT2D eigenvalue weighted by Gasteiger charge is 1.94. The first-order chi connectivity index (χ1) is 8.79. The summed E-state index contributed by atoms with van der Waals surface area (Å²) in [5.41, 5.74) is 0. The fraction of sp³-hybridized carbons (Fsp3) is 0.600. The van der Waals surface area contributed by atoms with Crippen LogP contribution in [0.5, 0.6) is 5.75 Å². The first-order valence-corrected chi connectivity index (χ1v) is 6.78. The van der Waals surface area contributed by atoms with Gasteiger partial charge in [0.15, 0.2) is 0 Å². The minimum atomic E-state index is 0.560. The molecule has 0 atom stereocenters. The molecule has 0 amide bonds. The van der Waals surface area contributed by atoms with E-state index in [1.54, 1.807) is 0 Å². The average molecular weight is 251 g/mol. The molecule has 18 heavy (non-hydrogen) atoms. The van der Waals surface area contributed by atoms with Gasteiger partial charge in [-0.05, 0) is 25.1 Å². The molecule has 0 aliphatic rings. The SMILES string of the molecule is CC(C)NCCCOCCCOc1ccccc1. The van der Waals surface area contributed by atoms with Crippen LogP contribution in [0.2, 0.25) is 0 Å². The minimum Gasteiger partial charge on any atom is -0.494 e. The van der Waals surface area contributed by atoms with Gasteiger partial charge in [0.2, 0.25) is 0 Å². The highest BCUT2D eigenvalue weighted by Crippen LogP contribution is 2.08. The fourth-order valence-corrected chi connectivity index (χ4v) is 1.53. The van der Waals surface area contributed by atoms with Gasteiger partial charge >= 0.3 is 0 Å². The van der Waals surface area contributed by atoms with Crippen molar-refractivity contribution in [2.45, 2.75) is 32.7 Å². The van der Waals surface area contributed by atoms with E-state index >= 15 is 0 Å². The summed E-state index contributed by atoms with van der Waals surface area (Å²) >= 11 is 0. The Morgan fingerprint density at radius 2 is 1.72 bits per heavy atom. The molecule has 1 N–H and O–H groups in total. The second-order valence-electron chi connectivity index (χ2n) is 4.59. The van der Waals surface area contributed by atoms with Crippen molar-refractivity contribution in [3.8, 4) is 5.75 Å². The summed E-state index contributed by atoms with van der Waals surface area (Å²) in [5.74, 6) is 0.929. The number of hydrogen-bond donors (Lipinski definition) is 1. The average Bonchev–Trinajstić information content (AvgIpc) is 2.37. The van der Waals surface area contributed by atoms with Crippen molar-refractivity contribution in [1.82, 2.24) is 5.32 Å². The molecule has 1 aromatic carbocycles. The van der Waals surface area contributed by atoms with Crippen LogP contribution in [-0.2, 0) is 4.74 Å². The van der Waals surface area contributed by atoms with Crippen LogP contribution < -0.4 is 10.1 Å². The van der Waals surface area contributed by atoms with Gasteiger partial charge in [0, 0.05) is 25.7 Å². The number of benzene rings is 1. The monoisotopic (exact) mass is 251 g/mol. The molecular formula is C15H25NO2. The van der Waals surface area contributed by atoms with E-state index in [9.17, 15) is 0 Å². The van der Waals surface area contributed by atoms with E-state index < -0.39 is 0 Å². The molecule has 0 aliphatic heterocycles. The quantitative estimate of drug-likeness (QED) is 0.649. The second-order valence-corrected chi connectivity index (χ2v) is 4.59. The Balaban J connectivity index is 1.84. The number of rotatable bonds is 10. The van der Waals surface area contributed by atoms with Gasteiger partial charge in [-0.1, -0.05) is 32.0 Å². The van der Waals surface area contributed by atoms with E-state index in [2.05, 4.69) is 19.2 Å². The van der Waals surface area contributed by atoms with Crippen molar-refractivity contribution < 1.29 is 9.47 Å². The van der Waals surface area contributed by atoms with Gasteiger partial charge in [-0.3, -0.25) is 0 Å². The van der Waals surface area contributed by atoms with Crippen molar-refractivity contribution in [3.05, 3.63) is 30.3 Å². The molecule has 3 nitrogen and oxygen atoms in total. The smallest absolute Gasteiger partial charge is 0.119 e. The lowest BCUT2D eigenvalue weighted by Crippen LogP contribution is -2.24. The zero-order valence-electron chi connectivity index (χ0n) is 11.5. The number of ether oxygens (including phenoxy) is 2. The summed E-state index contributed by atoms with van der Waals surface area (Å²) in [6, 6.07) is 10.4. The van der Waals surface area contributed by atoms with Crippen LogP contribution in [0.3, 0.4) is 0 Å². The number of hydrogen-bond acceptors (Lipinski definition) is 3. The molecular weight excluding hydrogens is 226 g/mol. The third-order valence-electron chi connectivity index (χ3n) is 2.46. The highest BCUT2D eigenvalue weighted by molar-refractivity contribution is 5.20. The van der Waals surface area contributed by atoms with Crippen molar-refractivity contribution in [2.24, 2.45) is 0 Å². The molecule has 0 saturated carbocycles. The Hall–Kier alpha value is -1.06. The second kappa shape index (κ2) is 9.92. The van der Waals surface area contributed by atoms with Gasteiger partial charge < -0.3 is 14.8 Å². The maximum atomic E-state index is 5.57. The van der Waals surface area contributed by atoms with E-state index in [1.807, 2.05) is 30.3 Å². The summed E-state index contributed by atoms with van der Waals surface area (Å²) in [6.45, 7) is 7.65. The lowest BCUT2D eigenvalue weighted by Gasteiger charge is -2.08. The van der Waals surface area contributed by atoms with E-state index in [4.69, 9.17) is 9.47 Å². The molecule has 0 aliphatic carbocycles. The van der Waals surface area contributed by atoms with Crippen LogP contribution in [0.15, 0.2) is 30.3 Å². The van der Waals surface area contributed by atoms with Crippen LogP contribution in [0, 0.1) is 0 Å². The van der Waals surface area contributed by atoms with Gasteiger partial charge in [-0.15, -0.1) is 0 Å². The summed E-state index contributed by atoms with van der Waals surface area (Å²) in [7, 11) is 0. The van der Waals surface area contributed by atoms with Gasteiger partial charge in [0.25, 0.3) is 0 Å². The van der Waals surface area contributed by atoms with Gasteiger partial charge in [0.1, 0.15) is 5.75 Å². The normalized spacial score (nSPS) is 10.8. The van der Waals surface area contributed by atoms with Gasteiger partial charge in [-0.2, -0.15) is 0 Å². The van der Waals surface area contributed by atoms with E-state index in [-0.39, 0.29) is 0 Å². The molecule has 0 aromatic heterocycles. The molecule has 0 unspecified atom stereocenters. The molecule has 102 valence electrons. The molecule has 0 bridgehead atoms. The van der Waals surface area contributed by atoms with Crippen molar-refractivity contribution in [2.75, 3.05) is 26.4 Å². The van der Waals surface area contributed by atoms with Crippen LogP contribution in [0.4, 0.5) is 0 Å². The maximum absolute atomic E-state index is 5.57. The first-order valence-electron chi connectivity index (χ1n) is 6.78. The van der Waals surface area contributed by atoms with Crippen LogP contribution in [0.1, 0.15) is 26.7 Å². The summed E-state index contributed by atoms with van der Waals surface area (Å²) in [6.07, 6.45) is 2.00. The van der Waals surface area contributed by atoms with Crippen molar-refractivity contribution in [3.63, 3.8) is 0 Å². The van der Waals surface area contributed by atoms with E-state index in [0.29, 0.717) is 12.6 Å². The molecule has 1 rings (SSSR count). The third-order valence-corrected chi connectivity index (χ3v) is 2.46. The highest BCUT2D eigenvalue weighted by atomic mass is 16.5. The van der Waals surface area contributed by atoms with Gasteiger partial charge in [-0.25, -0.2) is 0 Å². The van der Waals surface area contributed by atoms with Crippen LogP contribution in [-0.4, -0.2) is 32.4 Å². The first kappa shape index (κ1) is 15.0. The maximum Gasteiger partial charge on any atom is 0.119 e. The Morgan fingerprint density at radius 3 is 2.44 bits per heavy atom. The molecule has 0 fully saturated rings. The molecule has 0 spiro atoms. The Bertz CT molecular complexity index is 288. The van der Waals surface area contributed by atoms with E-state index in [0.717, 1.165) is 38.3 Å². The zero-order valence-corrected chi connectivity index (χ0v) is 11.5. The van der Waals surface area contributed by atoms with Gasteiger partial charge in [0.05, 0.1) is 6.61 Å². The standard InChI is InChI=1S/C15H25NO2/c1-14(2)16-10-6-11-17-12-7-13-18-15-8-4-3-5-9-15/h3-5,8-9,14,16H,6-7,10-13H2,1-2H3. The minimum absolute atomic E-state index is 0.560. The molecule has 0 radical (unpaired) electrons.